The van der Waals surface area contributed by atoms with Crippen LogP contribution < -0.4 is 0 Å². The number of aliphatic carboxylic acids is 1. The Morgan fingerprint density at radius 3 is 2.06 bits per heavy atom. The average Bonchev–Trinajstić information content (AvgIpc) is 2.24. The number of carbonyl (C=O) groups excluding carboxylic acids is 1. The van der Waals surface area contributed by atoms with E-state index < -0.39 is 11.6 Å². The highest BCUT2D eigenvalue weighted by Crippen LogP contribution is 2.06. The Hall–Kier alpha value is -1.58. The molecule has 104 valence electrons. The summed E-state index contributed by atoms with van der Waals surface area (Å²) in [4.78, 5) is 20.6. The van der Waals surface area contributed by atoms with Crippen molar-refractivity contribution in [1.29, 1.82) is 0 Å². The van der Waals surface area contributed by atoms with Crippen LogP contribution in [-0.4, -0.2) is 22.6 Å². The molecule has 0 atom stereocenters. The van der Waals surface area contributed by atoms with E-state index in [1.807, 2.05) is 27.7 Å². The van der Waals surface area contributed by atoms with E-state index in [4.69, 9.17) is 9.84 Å². The van der Waals surface area contributed by atoms with Crippen molar-refractivity contribution in [1.82, 2.24) is 0 Å². The van der Waals surface area contributed by atoms with E-state index in [9.17, 15) is 9.59 Å². The lowest BCUT2D eigenvalue weighted by Crippen LogP contribution is -2.22. The number of hydrogen-bond acceptors (Lipinski definition) is 3. The first-order valence-corrected chi connectivity index (χ1v) is 5.90. The van der Waals surface area contributed by atoms with Crippen molar-refractivity contribution < 1.29 is 19.4 Å². The predicted octanol–water partition coefficient (Wildman–Crippen LogP) is 3.33. The second-order valence-electron chi connectivity index (χ2n) is 4.75. The van der Waals surface area contributed by atoms with Gasteiger partial charge in [-0.3, -0.25) is 0 Å². The first kappa shape index (κ1) is 18.8. The van der Waals surface area contributed by atoms with Crippen LogP contribution in [0, 0.1) is 0 Å². The summed E-state index contributed by atoms with van der Waals surface area (Å²) < 4.78 is 4.83. The van der Waals surface area contributed by atoms with Gasteiger partial charge in [-0.2, -0.15) is 0 Å². The molecule has 0 aromatic rings. The van der Waals surface area contributed by atoms with Crippen molar-refractivity contribution in [2.45, 2.75) is 52.6 Å². The molecule has 0 saturated heterocycles. The van der Waals surface area contributed by atoms with E-state index in [0.29, 0.717) is 12.0 Å². The quantitative estimate of drug-likeness (QED) is 0.605. The van der Waals surface area contributed by atoms with E-state index in [1.165, 1.54) is 0 Å². The molecule has 0 unspecified atom stereocenters. The van der Waals surface area contributed by atoms with Gasteiger partial charge in [-0.15, -0.1) is 0 Å². The van der Waals surface area contributed by atoms with Crippen molar-refractivity contribution in [2.24, 2.45) is 0 Å². The Morgan fingerprint density at radius 2 is 1.83 bits per heavy atom. The first-order chi connectivity index (χ1) is 8.14. The third kappa shape index (κ3) is 14.4. The Labute approximate surface area is 109 Å². The molecule has 0 aromatic carbocycles. The number of carboxylic acid groups (broad SMARTS) is 1. The summed E-state index contributed by atoms with van der Waals surface area (Å²) in [6.45, 7) is 14.1. The van der Waals surface area contributed by atoms with Gasteiger partial charge in [-0.05, 0) is 33.6 Å². The maximum absolute atomic E-state index is 10.5. The largest absolute Gasteiger partial charge is 0.478 e. The topological polar surface area (TPSA) is 63.6 Å². The molecule has 0 bridgehead atoms. The van der Waals surface area contributed by atoms with Crippen LogP contribution in [0.4, 0.5) is 0 Å². The van der Waals surface area contributed by atoms with Crippen molar-refractivity contribution in [3.63, 3.8) is 0 Å². The summed E-state index contributed by atoms with van der Waals surface area (Å²) in [6, 6.07) is 0. The average molecular weight is 256 g/mol. The zero-order chi connectivity index (χ0) is 14.8. The Kier molecular flexibility index (Phi) is 9.86. The van der Waals surface area contributed by atoms with Crippen molar-refractivity contribution in [3.8, 4) is 0 Å². The van der Waals surface area contributed by atoms with Crippen molar-refractivity contribution in [3.05, 3.63) is 24.8 Å². The van der Waals surface area contributed by atoms with Crippen LogP contribution in [0.5, 0.6) is 0 Å². The number of carbonyl (C=O) groups is 2. The van der Waals surface area contributed by atoms with Gasteiger partial charge in [0.15, 0.2) is 0 Å². The minimum atomic E-state index is -0.872. The molecule has 1 N–H and O–H groups in total. The molecule has 0 heterocycles. The number of esters is 1. The van der Waals surface area contributed by atoms with Gasteiger partial charge in [0.1, 0.15) is 5.60 Å². The fourth-order valence-electron chi connectivity index (χ4n) is 0.841. The maximum atomic E-state index is 10.5. The number of rotatable bonds is 5. The van der Waals surface area contributed by atoms with Gasteiger partial charge in [0.25, 0.3) is 0 Å². The molecule has 0 rings (SSSR count). The van der Waals surface area contributed by atoms with E-state index in [2.05, 4.69) is 13.2 Å². The van der Waals surface area contributed by atoms with E-state index in [-0.39, 0.29) is 5.97 Å². The molecule has 0 aliphatic carbocycles. The second kappa shape index (κ2) is 9.45. The normalized spacial score (nSPS) is 9.78. The minimum absolute atomic E-state index is 0.317. The summed E-state index contributed by atoms with van der Waals surface area (Å²) in [5.74, 6) is -1.24. The molecule has 18 heavy (non-hydrogen) atoms. The highest BCUT2D eigenvalue weighted by Gasteiger charge is 2.12. The van der Waals surface area contributed by atoms with Gasteiger partial charge >= 0.3 is 11.9 Å². The summed E-state index contributed by atoms with van der Waals surface area (Å²) in [7, 11) is 0. The van der Waals surface area contributed by atoms with Crippen LogP contribution in [0.1, 0.15) is 47.0 Å². The van der Waals surface area contributed by atoms with E-state index >= 15 is 0 Å². The fraction of sp³-hybridized carbons (Fsp3) is 0.571. The fourth-order valence-corrected chi connectivity index (χ4v) is 0.841. The number of hydrogen-bond donors (Lipinski definition) is 1. The van der Waals surface area contributed by atoms with Crippen LogP contribution in [0.15, 0.2) is 24.8 Å². The summed E-state index contributed by atoms with van der Waals surface area (Å²) in [5.41, 5.74) is -0.0810. The zero-order valence-electron chi connectivity index (χ0n) is 11.8. The maximum Gasteiger partial charge on any atom is 0.330 e. The first-order valence-electron chi connectivity index (χ1n) is 5.90. The Morgan fingerprint density at radius 1 is 1.33 bits per heavy atom. The van der Waals surface area contributed by atoms with E-state index in [1.54, 1.807) is 0 Å². The third-order valence-corrected chi connectivity index (χ3v) is 1.71. The predicted molar refractivity (Wildman–Crippen MR) is 72.3 cm³/mol. The van der Waals surface area contributed by atoms with Crippen LogP contribution in [-0.2, 0) is 14.3 Å². The number of ether oxygens (including phenoxy) is 1. The minimum Gasteiger partial charge on any atom is -0.478 e. The Bertz CT molecular complexity index is 297. The molecule has 0 fully saturated rings. The standard InChI is InChI=1S/2C7H12O2/c1-5-6(8)9-7(2,3)4;1-3-4-5-6(2)7(8)9/h5H,1H2,2-4H3;2-5H2,1H3,(H,8,9). The van der Waals surface area contributed by atoms with Crippen LogP contribution in [0.3, 0.4) is 0 Å². The smallest absolute Gasteiger partial charge is 0.330 e. The molecule has 4 nitrogen and oxygen atoms in total. The van der Waals surface area contributed by atoms with Crippen LogP contribution in [0.25, 0.3) is 0 Å². The lowest BCUT2D eigenvalue weighted by atomic mass is 10.1. The lowest BCUT2D eigenvalue weighted by Gasteiger charge is -2.17. The highest BCUT2D eigenvalue weighted by atomic mass is 16.6. The van der Waals surface area contributed by atoms with Gasteiger partial charge < -0.3 is 9.84 Å². The third-order valence-electron chi connectivity index (χ3n) is 1.71. The summed E-state index contributed by atoms with van der Waals surface area (Å²) in [5, 5.41) is 8.31. The molecule has 4 heteroatoms. The molecule has 0 aliphatic heterocycles. The molecule has 0 aromatic heterocycles. The lowest BCUT2D eigenvalue weighted by molar-refractivity contribution is -0.148. The van der Waals surface area contributed by atoms with Crippen LogP contribution in [0.2, 0.25) is 0 Å². The van der Waals surface area contributed by atoms with E-state index in [0.717, 1.165) is 18.9 Å². The summed E-state index contributed by atoms with van der Waals surface area (Å²) in [6.07, 6.45) is 3.72. The number of carboxylic acids is 1. The molecule has 0 amide bonds. The molecule has 0 saturated carbocycles. The SMILES string of the molecule is C=C(CCCC)C(=O)O.C=CC(=O)OC(C)(C)C. The molecule has 0 aliphatic rings. The Balaban J connectivity index is 0. The number of unbranched alkanes of at least 4 members (excludes halogenated alkanes) is 1. The molecule has 0 radical (unpaired) electrons. The van der Waals surface area contributed by atoms with Gasteiger partial charge in [0.2, 0.25) is 0 Å². The van der Waals surface area contributed by atoms with Gasteiger partial charge in [-0.25, -0.2) is 9.59 Å². The molecule has 0 spiro atoms. The monoisotopic (exact) mass is 256 g/mol. The van der Waals surface area contributed by atoms with Gasteiger partial charge in [0, 0.05) is 11.6 Å². The second-order valence-corrected chi connectivity index (χ2v) is 4.75. The molecular weight excluding hydrogens is 232 g/mol. The summed E-state index contributed by atoms with van der Waals surface area (Å²) >= 11 is 0. The zero-order valence-corrected chi connectivity index (χ0v) is 11.8. The van der Waals surface area contributed by atoms with Gasteiger partial charge in [-0.1, -0.05) is 26.5 Å². The van der Waals surface area contributed by atoms with Crippen LogP contribution >= 0.6 is 0 Å². The van der Waals surface area contributed by atoms with Crippen molar-refractivity contribution >= 4 is 11.9 Å². The molecular formula is C14H24O4. The van der Waals surface area contributed by atoms with Gasteiger partial charge in [0.05, 0.1) is 0 Å². The highest BCUT2D eigenvalue weighted by molar-refractivity contribution is 5.85. The van der Waals surface area contributed by atoms with Crippen molar-refractivity contribution in [2.75, 3.05) is 0 Å².